The molecule has 0 saturated heterocycles. The Bertz CT molecular complexity index is 347. The summed E-state index contributed by atoms with van der Waals surface area (Å²) >= 11 is 5.29. The van der Waals surface area contributed by atoms with Gasteiger partial charge in [-0.2, -0.15) is 8.42 Å². The third-order valence-corrected chi connectivity index (χ3v) is 2.50. The van der Waals surface area contributed by atoms with Gasteiger partial charge in [0, 0.05) is 0 Å². The predicted octanol–water partition coefficient (Wildman–Crippen LogP) is 0.522. The predicted molar refractivity (Wildman–Crippen MR) is 53.6 cm³/mol. The molecule has 5 nitrogen and oxygen atoms in total. The van der Waals surface area contributed by atoms with Gasteiger partial charge in [0.1, 0.15) is 0 Å². The molecular formula is C7H12ClNO4S. The van der Waals surface area contributed by atoms with E-state index in [2.05, 4.69) is 11.9 Å². The van der Waals surface area contributed by atoms with Gasteiger partial charge in [-0.15, -0.1) is 0 Å². The summed E-state index contributed by atoms with van der Waals surface area (Å²) in [6.45, 7) is 6.06. The monoisotopic (exact) mass is 241 g/mol. The summed E-state index contributed by atoms with van der Waals surface area (Å²) in [5, 5.41) is 2.06. The minimum Gasteiger partial charge on any atom is -0.345 e. The molecule has 0 aromatic rings. The number of rotatable bonds is 4. The van der Waals surface area contributed by atoms with Crippen molar-refractivity contribution < 1.29 is 17.8 Å². The van der Waals surface area contributed by atoms with Gasteiger partial charge in [0.2, 0.25) is 0 Å². The van der Waals surface area contributed by atoms with Crippen LogP contribution in [0.25, 0.3) is 0 Å². The Morgan fingerprint density at radius 1 is 1.57 bits per heavy atom. The van der Waals surface area contributed by atoms with E-state index in [1.54, 1.807) is 0 Å². The number of hydrogen-bond acceptors (Lipinski definition) is 3. The zero-order chi connectivity index (χ0) is 11.6. The van der Waals surface area contributed by atoms with E-state index in [4.69, 9.17) is 16.2 Å². The molecule has 0 atom stereocenters. The standard InChI is InChI=1S/C7H12ClNO4S/c1-5(8)6(10)9-7(2,3)4-14(11,12)13/h1,4H2,2-3H3,(H,9,10)(H,11,12,13). The first-order valence-electron chi connectivity index (χ1n) is 3.65. The Kier molecular flexibility index (Phi) is 4.11. The zero-order valence-electron chi connectivity index (χ0n) is 7.87. The highest BCUT2D eigenvalue weighted by molar-refractivity contribution is 7.85. The highest BCUT2D eigenvalue weighted by Crippen LogP contribution is 2.08. The minimum absolute atomic E-state index is 0.242. The van der Waals surface area contributed by atoms with Crippen molar-refractivity contribution in [1.82, 2.24) is 5.32 Å². The first-order valence-corrected chi connectivity index (χ1v) is 5.64. The van der Waals surface area contributed by atoms with Crippen LogP contribution in [0.3, 0.4) is 0 Å². The fourth-order valence-corrected chi connectivity index (χ4v) is 1.90. The molecule has 0 aromatic heterocycles. The number of halogens is 1. The average molecular weight is 242 g/mol. The second-order valence-corrected chi connectivity index (χ2v) is 5.38. The van der Waals surface area contributed by atoms with Crippen LogP contribution < -0.4 is 5.32 Å². The lowest BCUT2D eigenvalue weighted by Crippen LogP contribution is -2.48. The molecular weight excluding hydrogens is 230 g/mol. The molecule has 1 amide bonds. The molecule has 0 heterocycles. The van der Waals surface area contributed by atoms with Crippen molar-refractivity contribution in [3.8, 4) is 0 Å². The number of carbonyl (C=O) groups is 1. The number of amides is 1. The highest BCUT2D eigenvalue weighted by atomic mass is 35.5. The summed E-state index contributed by atoms with van der Waals surface area (Å²) in [7, 11) is -4.14. The van der Waals surface area contributed by atoms with Gasteiger partial charge in [0.15, 0.2) is 0 Å². The van der Waals surface area contributed by atoms with Crippen LogP contribution in [-0.4, -0.2) is 30.2 Å². The Balaban J connectivity index is 4.51. The molecule has 0 aliphatic rings. The lowest BCUT2D eigenvalue weighted by molar-refractivity contribution is -0.118. The number of hydrogen-bond donors (Lipinski definition) is 2. The topological polar surface area (TPSA) is 83.5 Å². The van der Waals surface area contributed by atoms with Crippen molar-refractivity contribution in [3.05, 3.63) is 11.6 Å². The van der Waals surface area contributed by atoms with Crippen molar-refractivity contribution >= 4 is 27.6 Å². The molecule has 0 aliphatic carbocycles. The zero-order valence-corrected chi connectivity index (χ0v) is 9.44. The average Bonchev–Trinajstić information content (AvgIpc) is 1.78. The second-order valence-electron chi connectivity index (χ2n) is 3.47. The van der Waals surface area contributed by atoms with Crippen LogP contribution >= 0.6 is 11.6 Å². The lowest BCUT2D eigenvalue weighted by atomic mass is 10.1. The van der Waals surface area contributed by atoms with Gasteiger partial charge in [-0.05, 0) is 13.8 Å². The van der Waals surface area contributed by atoms with Crippen LogP contribution in [-0.2, 0) is 14.9 Å². The number of carbonyl (C=O) groups excluding carboxylic acids is 1. The van der Waals surface area contributed by atoms with Crippen molar-refractivity contribution in [2.24, 2.45) is 0 Å². The van der Waals surface area contributed by atoms with E-state index in [9.17, 15) is 13.2 Å². The molecule has 0 unspecified atom stereocenters. The van der Waals surface area contributed by atoms with Crippen molar-refractivity contribution in [3.63, 3.8) is 0 Å². The van der Waals surface area contributed by atoms with Crippen LogP contribution in [0.15, 0.2) is 11.6 Å². The second kappa shape index (κ2) is 4.29. The van der Waals surface area contributed by atoms with Gasteiger partial charge in [-0.3, -0.25) is 9.35 Å². The molecule has 0 aromatic carbocycles. The quantitative estimate of drug-likeness (QED) is 0.555. The molecule has 82 valence electrons. The van der Waals surface area contributed by atoms with E-state index >= 15 is 0 Å². The van der Waals surface area contributed by atoms with Gasteiger partial charge in [0.25, 0.3) is 16.0 Å². The molecule has 0 saturated carbocycles. The molecule has 7 heteroatoms. The summed E-state index contributed by atoms with van der Waals surface area (Å²) in [4.78, 5) is 11.0. The van der Waals surface area contributed by atoms with Gasteiger partial charge < -0.3 is 5.32 Å². The summed E-state index contributed by atoms with van der Waals surface area (Å²) in [5.41, 5.74) is -1.09. The highest BCUT2D eigenvalue weighted by Gasteiger charge is 2.26. The summed E-state index contributed by atoms with van der Waals surface area (Å²) in [6, 6.07) is 0. The van der Waals surface area contributed by atoms with Gasteiger partial charge >= 0.3 is 0 Å². The normalized spacial score (nSPS) is 12.3. The first-order chi connectivity index (χ1) is 6.03. The molecule has 0 aliphatic heterocycles. The molecule has 0 spiro atoms. The van der Waals surface area contributed by atoms with Crippen LogP contribution in [0.1, 0.15) is 13.8 Å². The van der Waals surface area contributed by atoms with Crippen molar-refractivity contribution in [2.45, 2.75) is 19.4 Å². The van der Waals surface area contributed by atoms with E-state index in [0.29, 0.717) is 0 Å². The Morgan fingerprint density at radius 3 is 2.29 bits per heavy atom. The van der Waals surface area contributed by atoms with Gasteiger partial charge in [-0.1, -0.05) is 18.2 Å². The van der Waals surface area contributed by atoms with E-state index in [-0.39, 0.29) is 5.03 Å². The summed E-state index contributed by atoms with van der Waals surface area (Å²) in [6.07, 6.45) is 0. The SMILES string of the molecule is C=C(Cl)C(=O)NC(C)(C)CS(=O)(=O)O. The summed E-state index contributed by atoms with van der Waals surface area (Å²) in [5.74, 6) is -1.25. The van der Waals surface area contributed by atoms with Crippen LogP contribution in [0.2, 0.25) is 0 Å². The minimum atomic E-state index is -4.14. The van der Waals surface area contributed by atoms with Crippen LogP contribution in [0, 0.1) is 0 Å². The Labute approximate surface area is 87.9 Å². The van der Waals surface area contributed by atoms with Crippen molar-refractivity contribution in [2.75, 3.05) is 5.75 Å². The van der Waals surface area contributed by atoms with E-state index in [1.807, 2.05) is 0 Å². The van der Waals surface area contributed by atoms with Gasteiger partial charge in [0.05, 0.1) is 16.3 Å². The van der Waals surface area contributed by atoms with E-state index < -0.39 is 27.3 Å². The van der Waals surface area contributed by atoms with Crippen molar-refractivity contribution in [1.29, 1.82) is 0 Å². The lowest BCUT2D eigenvalue weighted by Gasteiger charge is -2.24. The molecule has 0 radical (unpaired) electrons. The van der Waals surface area contributed by atoms with Gasteiger partial charge in [-0.25, -0.2) is 0 Å². The molecule has 14 heavy (non-hydrogen) atoms. The fourth-order valence-electron chi connectivity index (χ4n) is 0.867. The molecule has 0 bridgehead atoms. The third-order valence-electron chi connectivity index (χ3n) is 1.24. The van der Waals surface area contributed by atoms with Crippen LogP contribution in [0.5, 0.6) is 0 Å². The Hall–Kier alpha value is -0.590. The third kappa shape index (κ3) is 5.95. The maximum absolute atomic E-state index is 11.0. The van der Waals surface area contributed by atoms with E-state index in [0.717, 1.165) is 0 Å². The smallest absolute Gasteiger partial charge is 0.267 e. The van der Waals surface area contributed by atoms with E-state index in [1.165, 1.54) is 13.8 Å². The molecule has 0 fully saturated rings. The largest absolute Gasteiger partial charge is 0.345 e. The summed E-state index contributed by atoms with van der Waals surface area (Å²) < 4.78 is 29.7. The maximum atomic E-state index is 11.0. The van der Waals surface area contributed by atoms with Crippen LogP contribution in [0.4, 0.5) is 0 Å². The molecule has 2 N–H and O–H groups in total. The maximum Gasteiger partial charge on any atom is 0.267 e. The fraction of sp³-hybridized carbons (Fsp3) is 0.571. The number of nitrogens with one attached hydrogen (secondary N) is 1. The molecule has 0 rings (SSSR count). The first kappa shape index (κ1) is 13.4. The Morgan fingerprint density at radius 2 is 2.00 bits per heavy atom.